The number of benzene rings is 2. The van der Waals surface area contributed by atoms with Crippen molar-refractivity contribution in [2.45, 2.75) is 33.0 Å². The summed E-state index contributed by atoms with van der Waals surface area (Å²) in [6, 6.07) is 9.35. The number of carbonyl (C=O) groups excluding carboxylic acids is 2. The molecule has 0 heterocycles. The third kappa shape index (κ3) is 6.00. The van der Waals surface area contributed by atoms with Gasteiger partial charge in [0.1, 0.15) is 5.75 Å². The van der Waals surface area contributed by atoms with Gasteiger partial charge in [0.05, 0.1) is 17.9 Å². The molecular weight excluding hydrogens is 373 g/mol. The number of amides is 2. The summed E-state index contributed by atoms with van der Waals surface area (Å²) in [5, 5.41) is 5.12. The molecule has 2 aromatic carbocycles. The summed E-state index contributed by atoms with van der Waals surface area (Å²) in [6.45, 7) is 3.89. The maximum absolute atomic E-state index is 13.0. The molecule has 5 nitrogen and oxygen atoms in total. The minimum absolute atomic E-state index is 0.0457. The second-order valence-electron chi connectivity index (χ2n) is 6.12. The van der Waals surface area contributed by atoms with E-state index in [2.05, 4.69) is 10.6 Å². The summed E-state index contributed by atoms with van der Waals surface area (Å²) < 4.78 is 44.4. The summed E-state index contributed by atoms with van der Waals surface area (Å²) in [6.07, 6.45) is -3.86. The van der Waals surface area contributed by atoms with Crippen molar-refractivity contribution in [3.05, 3.63) is 59.2 Å². The van der Waals surface area contributed by atoms with Crippen LogP contribution >= 0.6 is 0 Å². The van der Waals surface area contributed by atoms with E-state index in [-0.39, 0.29) is 22.9 Å². The minimum Gasteiger partial charge on any atom is -0.491 e. The maximum atomic E-state index is 13.0. The first kappa shape index (κ1) is 21.3. The molecule has 150 valence electrons. The Morgan fingerprint density at radius 3 is 2.32 bits per heavy atom. The molecule has 0 saturated carbocycles. The summed E-state index contributed by atoms with van der Waals surface area (Å²) in [5.74, 6) is -0.566. The first-order valence-corrected chi connectivity index (χ1v) is 8.69. The van der Waals surface area contributed by atoms with Crippen molar-refractivity contribution in [3.63, 3.8) is 0 Å². The fourth-order valence-corrected chi connectivity index (χ4v) is 2.34. The third-order valence-corrected chi connectivity index (χ3v) is 3.77. The Kier molecular flexibility index (Phi) is 7.03. The van der Waals surface area contributed by atoms with Gasteiger partial charge < -0.3 is 15.4 Å². The van der Waals surface area contributed by atoms with Crippen molar-refractivity contribution in [3.8, 4) is 5.75 Å². The topological polar surface area (TPSA) is 67.4 Å². The van der Waals surface area contributed by atoms with Crippen molar-refractivity contribution in [2.24, 2.45) is 0 Å². The molecule has 0 bridgehead atoms. The Balaban J connectivity index is 2.20. The van der Waals surface area contributed by atoms with E-state index in [1.807, 2.05) is 6.92 Å². The van der Waals surface area contributed by atoms with Crippen molar-refractivity contribution in [2.75, 3.05) is 11.9 Å². The van der Waals surface area contributed by atoms with Gasteiger partial charge in [-0.25, -0.2) is 0 Å². The van der Waals surface area contributed by atoms with Crippen LogP contribution in [0.3, 0.4) is 0 Å². The van der Waals surface area contributed by atoms with E-state index in [0.29, 0.717) is 19.6 Å². The number of hydrogen-bond acceptors (Lipinski definition) is 3. The molecule has 0 aliphatic rings. The van der Waals surface area contributed by atoms with E-state index in [0.717, 1.165) is 17.7 Å². The molecule has 0 atom stereocenters. The molecule has 0 aromatic heterocycles. The number of nitrogens with one attached hydrogen (secondary N) is 2. The Morgan fingerprint density at radius 1 is 1.07 bits per heavy atom. The lowest BCUT2D eigenvalue weighted by molar-refractivity contribution is -0.137. The zero-order valence-corrected chi connectivity index (χ0v) is 15.5. The van der Waals surface area contributed by atoms with Crippen LogP contribution in [0.15, 0.2) is 42.5 Å². The lowest BCUT2D eigenvalue weighted by Gasteiger charge is -2.15. The number of hydrogen-bond donors (Lipinski definition) is 2. The quantitative estimate of drug-likeness (QED) is 0.732. The zero-order valence-electron chi connectivity index (χ0n) is 15.5. The van der Waals surface area contributed by atoms with Crippen LogP contribution < -0.4 is 15.4 Å². The van der Waals surface area contributed by atoms with Crippen LogP contribution in [0, 0.1) is 0 Å². The zero-order chi connectivity index (χ0) is 20.7. The average Bonchev–Trinajstić information content (AvgIpc) is 2.64. The largest absolute Gasteiger partial charge is 0.491 e. The lowest BCUT2D eigenvalue weighted by atomic mass is 10.1. The van der Waals surface area contributed by atoms with Crippen LogP contribution in [0.1, 0.15) is 41.8 Å². The number of ether oxygens (including phenoxy) is 1. The smallest absolute Gasteiger partial charge is 0.416 e. The van der Waals surface area contributed by atoms with Crippen LogP contribution in [-0.2, 0) is 17.5 Å². The van der Waals surface area contributed by atoms with Crippen LogP contribution in [0.2, 0.25) is 0 Å². The monoisotopic (exact) mass is 394 g/mol. The van der Waals surface area contributed by atoms with Crippen LogP contribution in [-0.4, -0.2) is 18.4 Å². The molecule has 0 radical (unpaired) electrons. The summed E-state index contributed by atoms with van der Waals surface area (Å²) in [5.41, 5.74) is 0.135. The summed E-state index contributed by atoms with van der Waals surface area (Å²) in [7, 11) is 0. The van der Waals surface area contributed by atoms with Gasteiger partial charge in [-0.15, -0.1) is 0 Å². The lowest BCUT2D eigenvalue weighted by Crippen LogP contribution is -2.19. The molecule has 2 amide bonds. The molecule has 8 heteroatoms. The molecule has 28 heavy (non-hydrogen) atoms. The highest BCUT2D eigenvalue weighted by molar-refractivity contribution is 6.05. The number of rotatable bonds is 7. The molecule has 2 N–H and O–H groups in total. The minimum atomic E-state index is -4.53. The van der Waals surface area contributed by atoms with Crippen LogP contribution in [0.25, 0.3) is 0 Å². The van der Waals surface area contributed by atoms with E-state index in [9.17, 15) is 22.8 Å². The van der Waals surface area contributed by atoms with E-state index in [1.165, 1.54) is 25.1 Å². The molecule has 0 aliphatic heterocycles. The Bertz CT molecular complexity index is 834. The summed E-state index contributed by atoms with van der Waals surface area (Å²) in [4.78, 5) is 23.4. The Hall–Kier alpha value is -3.03. The molecule has 2 aromatic rings. The molecule has 0 spiro atoms. The number of halogens is 3. The highest BCUT2D eigenvalue weighted by Gasteiger charge is 2.31. The van der Waals surface area contributed by atoms with Crippen LogP contribution in [0.4, 0.5) is 18.9 Å². The summed E-state index contributed by atoms with van der Waals surface area (Å²) >= 11 is 0. The van der Waals surface area contributed by atoms with Gasteiger partial charge in [-0.2, -0.15) is 13.2 Å². The average molecular weight is 394 g/mol. The SMILES string of the molecule is CCCOc1ccc(C(F)(F)F)cc1NC(=O)c1ccc(CNC(C)=O)cc1. The number of anilines is 1. The maximum Gasteiger partial charge on any atom is 0.416 e. The predicted octanol–water partition coefficient (Wildman–Crippen LogP) is 4.38. The van der Waals surface area contributed by atoms with Gasteiger partial charge in [0.25, 0.3) is 5.91 Å². The first-order valence-electron chi connectivity index (χ1n) is 8.69. The third-order valence-electron chi connectivity index (χ3n) is 3.77. The van der Waals surface area contributed by atoms with E-state index in [4.69, 9.17) is 4.74 Å². The van der Waals surface area contributed by atoms with Crippen LogP contribution in [0.5, 0.6) is 5.75 Å². The van der Waals surface area contributed by atoms with Crippen molar-refractivity contribution >= 4 is 17.5 Å². The van der Waals surface area contributed by atoms with E-state index in [1.54, 1.807) is 12.1 Å². The van der Waals surface area contributed by atoms with E-state index < -0.39 is 17.6 Å². The van der Waals surface area contributed by atoms with Crippen molar-refractivity contribution in [1.29, 1.82) is 0 Å². The molecule has 0 fully saturated rings. The predicted molar refractivity (Wildman–Crippen MR) is 99.1 cm³/mol. The molecule has 0 aliphatic carbocycles. The van der Waals surface area contributed by atoms with Crippen molar-refractivity contribution < 1.29 is 27.5 Å². The van der Waals surface area contributed by atoms with Gasteiger partial charge in [-0.05, 0) is 42.3 Å². The van der Waals surface area contributed by atoms with Gasteiger partial charge >= 0.3 is 6.18 Å². The fraction of sp³-hybridized carbons (Fsp3) is 0.300. The second kappa shape index (κ2) is 9.25. The fourth-order valence-electron chi connectivity index (χ4n) is 2.34. The number of alkyl halides is 3. The Labute approximate surface area is 160 Å². The van der Waals surface area contributed by atoms with Gasteiger partial charge in [-0.1, -0.05) is 19.1 Å². The van der Waals surface area contributed by atoms with Gasteiger partial charge in [-0.3, -0.25) is 9.59 Å². The molecular formula is C20H21F3N2O3. The van der Waals surface area contributed by atoms with Gasteiger partial charge in [0, 0.05) is 19.0 Å². The van der Waals surface area contributed by atoms with Gasteiger partial charge in [0.2, 0.25) is 5.91 Å². The van der Waals surface area contributed by atoms with Crippen molar-refractivity contribution in [1.82, 2.24) is 5.32 Å². The van der Waals surface area contributed by atoms with E-state index >= 15 is 0 Å². The molecule has 0 saturated heterocycles. The standard InChI is InChI=1S/C20H21F3N2O3/c1-3-10-28-18-9-8-16(20(21,22)23)11-17(18)25-19(27)15-6-4-14(5-7-15)12-24-13(2)26/h4-9,11H,3,10,12H2,1-2H3,(H,24,26)(H,25,27). The highest BCUT2D eigenvalue weighted by atomic mass is 19.4. The second-order valence-corrected chi connectivity index (χ2v) is 6.12. The first-order chi connectivity index (χ1) is 13.2. The molecule has 2 rings (SSSR count). The number of carbonyl (C=O) groups is 2. The van der Waals surface area contributed by atoms with Gasteiger partial charge in [0.15, 0.2) is 0 Å². The molecule has 0 unspecified atom stereocenters. The normalized spacial score (nSPS) is 11.0. The Morgan fingerprint density at radius 2 is 1.75 bits per heavy atom. The highest BCUT2D eigenvalue weighted by Crippen LogP contribution is 2.35.